The maximum Gasteiger partial charge on any atom is 0.322 e. The lowest BCUT2D eigenvalue weighted by atomic mass is 10.2. The minimum Gasteiger partial charge on any atom is -0.468 e. The molecular formula is C15H22N2O2. The van der Waals surface area contributed by atoms with Gasteiger partial charge in [-0.2, -0.15) is 0 Å². The Morgan fingerprint density at radius 2 is 1.95 bits per heavy atom. The fraction of sp³-hybridized carbons (Fsp3) is 0.533. The molecule has 1 fully saturated rings. The second-order valence-corrected chi connectivity index (χ2v) is 4.99. The quantitative estimate of drug-likeness (QED) is 0.823. The van der Waals surface area contributed by atoms with Crippen molar-refractivity contribution in [2.75, 3.05) is 25.1 Å². The lowest BCUT2D eigenvalue weighted by Gasteiger charge is -2.18. The van der Waals surface area contributed by atoms with Gasteiger partial charge >= 0.3 is 5.97 Å². The first-order valence-corrected chi connectivity index (χ1v) is 6.86. The van der Waals surface area contributed by atoms with Gasteiger partial charge in [0.25, 0.3) is 0 Å². The van der Waals surface area contributed by atoms with Gasteiger partial charge in [0.1, 0.15) is 6.04 Å². The second kappa shape index (κ2) is 6.57. The van der Waals surface area contributed by atoms with E-state index in [4.69, 9.17) is 0 Å². The predicted molar refractivity (Wildman–Crippen MR) is 76.2 cm³/mol. The van der Waals surface area contributed by atoms with E-state index >= 15 is 0 Å². The summed E-state index contributed by atoms with van der Waals surface area (Å²) < 4.78 is 4.68. The number of esters is 1. The van der Waals surface area contributed by atoms with Gasteiger partial charge in [-0.3, -0.25) is 4.79 Å². The maximum absolute atomic E-state index is 11.3. The number of hydrogen-bond donors (Lipinski definition) is 1. The number of nitrogens with one attached hydrogen (secondary N) is 1. The number of ether oxygens (including phenoxy) is 1. The average molecular weight is 262 g/mol. The van der Waals surface area contributed by atoms with Crippen LogP contribution in [0.25, 0.3) is 0 Å². The molecule has 1 atom stereocenters. The molecule has 0 spiro atoms. The average Bonchev–Trinajstić information content (AvgIpc) is 2.98. The number of methoxy groups -OCH3 is 1. The topological polar surface area (TPSA) is 41.6 Å². The number of carbonyl (C=O) groups is 1. The predicted octanol–water partition coefficient (Wildman–Crippen LogP) is 1.94. The van der Waals surface area contributed by atoms with Crippen LogP contribution in [0.15, 0.2) is 24.3 Å². The largest absolute Gasteiger partial charge is 0.468 e. The zero-order valence-corrected chi connectivity index (χ0v) is 11.7. The van der Waals surface area contributed by atoms with E-state index in [1.807, 2.05) is 6.92 Å². The van der Waals surface area contributed by atoms with Crippen molar-refractivity contribution in [1.29, 1.82) is 0 Å². The molecule has 0 unspecified atom stereocenters. The summed E-state index contributed by atoms with van der Waals surface area (Å²) in [6, 6.07) is 8.27. The zero-order chi connectivity index (χ0) is 13.7. The van der Waals surface area contributed by atoms with Crippen molar-refractivity contribution in [2.45, 2.75) is 32.4 Å². The molecule has 0 aliphatic carbocycles. The Morgan fingerprint density at radius 1 is 1.32 bits per heavy atom. The van der Waals surface area contributed by atoms with Gasteiger partial charge in [-0.25, -0.2) is 0 Å². The van der Waals surface area contributed by atoms with E-state index in [1.54, 1.807) is 0 Å². The van der Waals surface area contributed by atoms with Gasteiger partial charge in [-0.15, -0.1) is 0 Å². The van der Waals surface area contributed by atoms with E-state index in [0.717, 1.165) is 13.1 Å². The van der Waals surface area contributed by atoms with Crippen molar-refractivity contribution in [3.63, 3.8) is 0 Å². The molecule has 1 aliphatic heterocycles. The van der Waals surface area contributed by atoms with Crippen LogP contribution in [-0.4, -0.2) is 32.2 Å². The van der Waals surface area contributed by atoms with Gasteiger partial charge < -0.3 is 15.0 Å². The van der Waals surface area contributed by atoms with E-state index in [-0.39, 0.29) is 12.0 Å². The smallest absolute Gasteiger partial charge is 0.322 e. The van der Waals surface area contributed by atoms with Crippen LogP contribution in [0.1, 0.15) is 25.3 Å². The van der Waals surface area contributed by atoms with E-state index in [2.05, 4.69) is 39.2 Å². The van der Waals surface area contributed by atoms with Crippen LogP contribution >= 0.6 is 0 Å². The fourth-order valence-electron chi connectivity index (χ4n) is 2.33. The van der Waals surface area contributed by atoms with E-state index in [9.17, 15) is 4.79 Å². The lowest BCUT2D eigenvalue weighted by Crippen LogP contribution is -2.34. The van der Waals surface area contributed by atoms with Crippen LogP contribution in [-0.2, 0) is 16.1 Å². The molecule has 1 heterocycles. The van der Waals surface area contributed by atoms with Crippen molar-refractivity contribution >= 4 is 11.7 Å². The van der Waals surface area contributed by atoms with Gasteiger partial charge in [-0.1, -0.05) is 12.1 Å². The summed E-state index contributed by atoms with van der Waals surface area (Å²) in [6.07, 6.45) is 2.58. The number of carbonyl (C=O) groups excluding carboxylic acids is 1. The molecular weight excluding hydrogens is 240 g/mol. The van der Waals surface area contributed by atoms with Crippen molar-refractivity contribution in [3.05, 3.63) is 29.8 Å². The van der Waals surface area contributed by atoms with Crippen LogP contribution in [0.2, 0.25) is 0 Å². The SMILES string of the molecule is COC(=O)[C@H](C)NCc1ccc(N2CCCC2)cc1. The molecule has 1 aliphatic rings. The number of hydrogen-bond acceptors (Lipinski definition) is 4. The summed E-state index contributed by atoms with van der Waals surface area (Å²) in [5.74, 6) is -0.228. The molecule has 1 N–H and O–H groups in total. The zero-order valence-electron chi connectivity index (χ0n) is 11.7. The van der Waals surface area contributed by atoms with Crippen LogP contribution in [0.3, 0.4) is 0 Å². The van der Waals surface area contributed by atoms with Crippen molar-refractivity contribution < 1.29 is 9.53 Å². The van der Waals surface area contributed by atoms with Crippen molar-refractivity contribution in [2.24, 2.45) is 0 Å². The minimum absolute atomic E-state index is 0.228. The third kappa shape index (κ3) is 3.70. The standard InChI is InChI=1S/C15H22N2O2/c1-12(15(18)19-2)16-11-13-5-7-14(8-6-13)17-9-3-4-10-17/h5-8,12,16H,3-4,9-11H2,1-2H3/t12-/m0/s1. The molecule has 4 heteroatoms. The minimum atomic E-state index is -0.275. The highest BCUT2D eigenvalue weighted by atomic mass is 16.5. The number of nitrogens with zero attached hydrogens (tertiary/aromatic N) is 1. The van der Waals surface area contributed by atoms with Crippen molar-refractivity contribution in [1.82, 2.24) is 5.32 Å². The first kappa shape index (κ1) is 13.9. The first-order valence-electron chi connectivity index (χ1n) is 6.86. The van der Waals surface area contributed by atoms with Crippen LogP contribution in [0.4, 0.5) is 5.69 Å². The number of rotatable bonds is 5. The van der Waals surface area contributed by atoms with Gasteiger partial charge in [0.15, 0.2) is 0 Å². The first-order chi connectivity index (χ1) is 9.20. The molecule has 1 aromatic carbocycles. The summed E-state index contributed by atoms with van der Waals surface area (Å²) >= 11 is 0. The monoisotopic (exact) mass is 262 g/mol. The van der Waals surface area contributed by atoms with Crippen LogP contribution in [0, 0.1) is 0 Å². The molecule has 0 radical (unpaired) electrons. The van der Waals surface area contributed by atoms with Crippen LogP contribution in [0.5, 0.6) is 0 Å². The summed E-state index contributed by atoms with van der Waals surface area (Å²) in [7, 11) is 1.41. The maximum atomic E-state index is 11.3. The normalized spacial score (nSPS) is 16.4. The summed E-state index contributed by atoms with van der Waals surface area (Å²) in [5, 5.41) is 3.15. The number of anilines is 1. The molecule has 104 valence electrons. The molecule has 19 heavy (non-hydrogen) atoms. The van der Waals surface area contributed by atoms with Gasteiger partial charge in [0, 0.05) is 25.3 Å². The van der Waals surface area contributed by atoms with Crippen LogP contribution < -0.4 is 10.2 Å². The van der Waals surface area contributed by atoms with Gasteiger partial charge in [-0.05, 0) is 37.5 Å². The van der Waals surface area contributed by atoms with Gasteiger partial charge in [0.2, 0.25) is 0 Å². The molecule has 0 saturated carbocycles. The Balaban J connectivity index is 1.86. The Labute approximate surface area is 114 Å². The Bertz CT molecular complexity index is 411. The third-order valence-corrected chi connectivity index (χ3v) is 3.57. The highest BCUT2D eigenvalue weighted by Gasteiger charge is 2.13. The van der Waals surface area contributed by atoms with E-state index in [1.165, 1.54) is 31.2 Å². The summed E-state index contributed by atoms with van der Waals surface area (Å²) in [4.78, 5) is 13.7. The lowest BCUT2D eigenvalue weighted by molar-refractivity contribution is -0.142. The van der Waals surface area contributed by atoms with Crippen molar-refractivity contribution in [3.8, 4) is 0 Å². The van der Waals surface area contributed by atoms with E-state index in [0.29, 0.717) is 6.54 Å². The summed E-state index contributed by atoms with van der Waals surface area (Å²) in [5.41, 5.74) is 2.47. The third-order valence-electron chi connectivity index (χ3n) is 3.57. The Hall–Kier alpha value is -1.55. The summed E-state index contributed by atoms with van der Waals surface area (Å²) in [6.45, 7) is 4.81. The number of benzene rings is 1. The highest BCUT2D eigenvalue weighted by Crippen LogP contribution is 2.20. The molecule has 1 aromatic rings. The Kier molecular flexibility index (Phi) is 4.80. The van der Waals surface area contributed by atoms with E-state index < -0.39 is 0 Å². The van der Waals surface area contributed by atoms with Gasteiger partial charge in [0.05, 0.1) is 7.11 Å². The molecule has 4 nitrogen and oxygen atoms in total. The molecule has 0 aromatic heterocycles. The molecule has 1 saturated heterocycles. The Morgan fingerprint density at radius 3 is 2.53 bits per heavy atom. The highest BCUT2D eigenvalue weighted by molar-refractivity contribution is 5.75. The fourth-order valence-corrected chi connectivity index (χ4v) is 2.33. The molecule has 0 bridgehead atoms. The molecule has 0 amide bonds. The second-order valence-electron chi connectivity index (χ2n) is 4.99. The molecule has 2 rings (SSSR count).